The van der Waals surface area contributed by atoms with Crippen LogP contribution in [0.3, 0.4) is 0 Å². The van der Waals surface area contributed by atoms with Gasteiger partial charge in [-0.1, -0.05) is 0 Å². The summed E-state index contributed by atoms with van der Waals surface area (Å²) in [6.07, 6.45) is 0.939. The van der Waals surface area contributed by atoms with Crippen molar-refractivity contribution >= 4 is 5.91 Å². The highest BCUT2D eigenvalue weighted by molar-refractivity contribution is 5.80. The summed E-state index contributed by atoms with van der Waals surface area (Å²) in [7, 11) is 0. The Morgan fingerprint density at radius 1 is 1.33 bits per heavy atom. The van der Waals surface area contributed by atoms with Crippen molar-refractivity contribution in [2.24, 2.45) is 0 Å². The number of furan rings is 1. The first kappa shape index (κ1) is 13.4. The number of carbonyl (C=O) groups excluding carboxylic acids is 1. The van der Waals surface area contributed by atoms with Gasteiger partial charge in [-0.3, -0.25) is 4.79 Å². The van der Waals surface area contributed by atoms with Crippen molar-refractivity contribution in [3.05, 3.63) is 42.4 Å². The third-order valence-corrected chi connectivity index (χ3v) is 3.04. The highest BCUT2D eigenvalue weighted by atomic mass is 16.7. The first-order chi connectivity index (χ1) is 10.2. The molecule has 0 spiro atoms. The number of carbonyl (C=O) groups is 1. The Morgan fingerprint density at radius 3 is 3.00 bits per heavy atom. The van der Waals surface area contributed by atoms with Crippen LogP contribution in [0.4, 0.5) is 0 Å². The third-order valence-electron chi connectivity index (χ3n) is 3.04. The molecule has 1 aliphatic rings. The van der Waals surface area contributed by atoms with E-state index in [2.05, 4.69) is 5.32 Å². The smallest absolute Gasteiger partial charge is 0.261 e. The summed E-state index contributed by atoms with van der Waals surface area (Å²) >= 11 is 0. The number of hydrogen-bond acceptors (Lipinski definition) is 5. The van der Waals surface area contributed by atoms with E-state index in [-0.39, 0.29) is 12.7 Å². The highest BCUT2D eigenvalue weighted by Gasteiger charge is 2.18. The molecule has 1 N–H and O–H groups in total. The molecule has 1 atom stereocenters. The van der Waals surface area contributed by atoms with E-state index >= 15 is 0 Å². The molecule has 0 bridgehead atoms. The lowest BCUT2D eigenvalue weighted by Gasteiger charge is -2.14. The van der Waals surface area contributed by atoms with Gasteiger partial charge in [-0.25, -0.2) is 0 Å². The average molecular weight is 289 g/mol. The first-order valence-electron chi connectivity index (χ1n) is 6.59. The summed E-state index contributed by atoms with van der Waals surface area (Å²) in [6, 6.07) is 8.77. The largest absolute Gasteiger partial charge is 0.481 e. The Bertz CT molecular complexity index is 623. The molecule has 1 amide bonds. The van der Waals surface area contributed by atoms with E-state index in [1.807, 2.05) is 0 Å². The van der Waals surface area contributed by atoms with Crippen LogP contribution in [0.15, 0.2) is 41.0 Å². The van der Waals surface area contributed by atoms with Crippen molar-refractivity contribution in [1.29, 1.82) is 0 Å². The van der Waals surface area contributed by atoms with Crippen LogP contribution in [0.2, 0.25) is 0 Å². The van der Waals surface area contributed by atoms with Gasteiger partial charge in [0.15, 0.2) is 17.6 Å². The van der Waals surface area contributed by atoms with Crippen LogP contribution in [-0.4, -0.2) is 18.8 Å². The van der Waals surface area contributed by atoms with Crippen LogP contribution in [0.5, 0.6) is 17.2 Å². The molecule has 1 aliphatic heterocycles. The zero-order chi connectivity index (χ0) is 14.7. The minimum absolute atomic E-state index is 0.206. The van der Waals surface area contributed by atoms with Crippen LogP contribution >= 0.6 is 0 Å². The molecular weight excluding hydrogens is 274 g/mol. The molecule has 0 aliphatic carbocycles. The molecule has 0 radical (unpaired) electrons. The van der Waals surface area contributed by atoms with Crippen LogP contribution in [0.25, 0.3) is 0 Å². The lowest BCUT2D eigenvalue weighted by molar-refractivity contribution is -0.127. The third kappa shape index (κ3) is 3.10. The number of ether oxygens (including phenoxy) is 3. The number of nitrogens with one attached hydrogen (secondary N) is 1. The predicted octanol–water partition coefficient (Wildman–Crippen LogP) is 2.09. The maximum atomic E-state index is 11.9. The zero-order valence-electron chi connectivity index (χ0n) is 11.5. The van der Waals surface area contributed by atoms with Gasteiger partial charge in [-0.15, -0.1) is 0 Å². The van der Waals surface area contributed by atoms with Crippen molar-refractivity contribution in [2.45, 2.75) is 19.6 Å². The van der Waals surface area contributed by atoms with Crippen molar-refractivity contribution in [1.82, 2.24) is 5.32 Å². The number of hydrogen-bond donors (Lipinski definition) is 1. The Hall–Kier alpha value is -2.63. The molecule has 0 saturated carbocycles. The standard InChI is InChI=1S/C15H15NO5/c1-10(15(17)16-8-12-3-2-6-18-12)21-11-4-5-13-14(7-11)20-9-19-13/h2-7,10H,8-9H2,1H3,(H,16,17)/t10-/m1/s1. The molecule has 21 heavy (non-hydrogen) atoms. The van der Waals surface area contributed by atoms with E-state index in [0.29, 0.717) is 29.6 Å². The minimum atomic E-state index is -0.625. The Morgan fingerprint density at radius 2 is 2.19 bits per heavy atom. The average Bonchev–Trinajstić information content (AvgIpc) is 3.15. The number of benzene rings is 1. The van der Waals surface area contributed by atoms with Crippen molar-refractivity contribution < 1.29 is 23.4 Å². The SMILES string of the molecule is C[C@@H](Oc1ccc2c(c1)OCO2)C(=O)NCc1ccco1. The fourth-order valence-electron chi connectivity index (χ4n) is 1.94. The van der Waals surface area contributed by atoms with E-state index in [0.717, 1.165) is 0 Å². The number of rotatable bonds is 5. The zero-order valence-corrected chi connectivity index (χ0v) is 11.5. The van der Waals surface area contributed by atoms with E-state index in [1.54, 1.807) is 43.5 Å². The van der Waals surface area contributed by atoms with Crippen molar-refractivity contribution in [3.63, 3.8) is 0 Å². The summed E-state index contributed by atoms with van der Waals surface area (Å²) < 4.78 is 21.2. The maximum Gasteiger partial charge on any atom is 0.261 e. The Balaban J connectivity index is 1.55. The quantitative estimate of drug-likeness (QED) is 0.912. The molecule has 1 aromatic carbocycles. The van der Waals surface area contributed by atoms with Crippen LogP contribution in [0.1, 0.15) is 12.7 Å². The highest BCUT2D eigenvalue weighted by Crippen LogP contribution is 2.35. The molecular formula is C15H15NO5. The molecule has 2 heterocycles. The van der Waals surface area contributed by atoms with Gasteiger partial charge in [0.1, 0.15) is 11.5 Å². The fourth-order valence-corrected chi connectivity index (χ4v) is 1.94. The topological polar surface area (TPSA) is 69.9 Å². The molecule has 6 heteroatoms. The van der Waals surface area contributed by atoms with Crippen LogP contribution < -0.4 is 19.5 Å². The Kier molecular flexibility index (Phi) is 3.68. The van der Waals surface area contributed by atoms with Crippen LogP contribution in [0, 0.1) is 0 Å². The van der Waals surface area contributed by atoms with Crippen molar-refractivity contribution in [2.75, 3.05) is 6.79 Å². The van der Waals surface area contributed by atoms with Gasteiger partial charge in [0.2, 0.25) is 6.79 Å². The Labute approximate surface area is 121 Å². The van der Waals surface area contributed by atoms with Gasteiger partial charge in [-0.2, -0.15) is 0 Å². The molecule has 3 rings (SSSR count). The summed E-state index contributed by atoms with van der Waals surface area (Å²) in [5.41, 5.74) is 0. The summed E-state index contributed by atoms with van der Waals surface area (Å²) in [5, 5.41) is 2.74. The molecule has 0 saturated heterocycles. The van der Waals surface area contributed by atoms with E-state index < -0.39 is 6.10 Å². The van der Waals surface area contributed by atoms with Crippen LogP contribution in [-0.2, 0) is 11.3 Å². The van der Waals surface area contributed by atoms with Gasteiger partial charge in [0, 0.05) is 6.07 Å². The number of amides is 1. The predicted molar refractivity (Wildman–Crippen MR) is 73.2 cm³/mol. The van der Waals surface area contributed by atoms with Gasteiger partial charge >= 0.3 is 0 Å². The normalized spacial score (nSPS) is 13.8. The van der Waals surface area contributed by atoms with E-state index in [4.69, 9.17) is 18.6 Å². The lowest BCUT2D eigenvalue weighted by Crippen LogP contribution is -2.35. The van der Waals surface area contributed by atoms with Gasteiger partial charge in [0.25, 0.3) is 5.91 Å². The monoisotopic (exact) mass is 289 g/mol. The summed E-state index contributed by atoms with van der Waals surface area (Å²) in [6.45, 7) is 2.22. The first-order valence-corrected chi connectivity index (χ1v) is 6.59. The lowest BCUT2D eigenvalue weighted by atomic mass is 10.3. The van der Waals surface area contributed by atoms with Gasteiger partial charge in [-0.05, 0) is 31.2 Å². The molecule has 0 unspecified atom stereocenters. The fraction of sp³-hybridized carbons (Fsp3) is 0.267. The second-order valence-electron chi connectivity index (χ2n) is 4.57. The van der Waals surface area contributed by atoms with Gasteiger partial charge in [0.05, 0.1) is 12.8 Å². The van der Waals surface area contributed by atoms with E-state index in [1.165, 1.54) is 0 Å². The van der Waals surface area contributed by atoms with Crippen molar-refractivity contribution in [3.8, 4) is 17.2 Å². The summed E-state index contributed by atoms with van der Waals surface area (Å²) in [5.74, 6) is 2.33. The summed E-state index contributed by atoms with van der Waals surface area (Å²) in [4.78, 5) is 11.9. The minimum Gasteiger partial charge on any atom is -0.481 e. The molecule has 6 nitrogen and oxygen atoms in total. The molecule has 1 aromatic heterocycles. The molecule has 2 aromatic rings. The van der Waals surface area contributed by atoms with E-state index in [9.17, 15) is 4.79 Å². The second-order valence-corrected chi connectivity index (χ2v) is 4.57. The van der Waals surface area contributed by atoms with Gasteiger partial charge < -0.3 is 23.9 Å². The molecule has 110 valence electrons. The maximum absolute atomic E-state index is 11.9. The molecule has 0 fully saturated rings. The number of fused-ring (bicyclic) bond motifs is 1. The second kappa shape index (κ2) is 5.78.